The first kappa shape index (κ1) is 18.8. The lowest BCUT2D eigenvalue weighted by Gasteiger charge is -2.42. The van der Waals surface area contributed by atoms with Gasteiger partial charge in [0, 0.05) is 25.2 Å². The number of amides is 1. The zero-order chi connectivity index (χ0) is 18.6. The van der Waals surface area contributed by atoms with E-state index in [2.05, 4.69) is 27.2 Å². The number of rotatable bonds is 6. The highest BCUT2D eigenvalue weighted by Gasteiger charge is 2.33. The molecule has 1 atom stereocenters. The molecule has 0 radical (unpaired) electrons. The monoisotopic (exact) mass is 371 g/mol. The molecule has 1 aromatic rings. The Hall–Kier alpha value is -1.59. The van der Waals surface area contributed by atoms with Crippen LogP contribution in [0.3, 0.4) is 0 Å². The fraction of sp³-hybridized carbons (Fsp3) is 0.682. The second-order valence-electron chi connectivity index (χ2n) is 8.47. The maximum atomic E-state index is 12.4. The Morgan fingerprint density at radius 3 is 2.48 bits per heavy atom. The van der Waals surface area contributed by atoms with Gasteiger partial charge in [-0.15, -0.1) is 0 Å². The van der Waals surface area contributed by atoms with Crippen molar-refractivity contribution in [2.24, 2.45) is 5.92 Å². The second-order valence-corrected chi connectivity index (χ2v) is 8.47. The van der Waals surface area contributed by atoms with Gasteiger partial charge in [-0.2, -0.15) is 0 Å². The van der Waals surface area contributed by atoms with Crippen molar-refractivity contribution in [2.75, 3.05) is 33.3 Å². The van der Waals surface area contributed by atoms with Crippen LogP contribution in [0.1, 0.15) is 44.1 Å². The van der Waals surface area contributed by atoms with Crippen LogP contribution in [0.15, 0.2) is 24.3 Å². The van der Waals surface area contributed by atoms with Crippen LogP contribution in [0.25, 0.3) is 0 Å². The normalized spacial score (nSPS) is 25.3. The lowest BCUT2D eigenvalue weighted by Crippen LogP contribution is -2.50. The summed E-state index contributed by atoms with van der Waals surface area (Å²) in [6, 6.07) is 9.55. The van der Waals surface area contributed by atoms with Gasteiger partial charge in [-0.3, -0.25) is 14.6 Å². The van der Waals surface area contributed by atoms with Crippen LogP contribution in [0.2, 0.25) is 0 Å². The second kappa shape index (κ2) is 8.61. The third kappa shape index (κ3) is 5.02. The van der Waals surface area contributed by atoms with Crippen molar-refractivity contribution >= 4 is 5.91 Å². The number of hydrogen-bond acceptors (Lipinski definition) is 4. The van der Waals surface area contributed by atoms with Crippen LogP contribution in [0.4, 0.5) is 0 Å². The van der Waals surface area contributed by atoms with Crippen LogP contribution >= 0.6 is 0 Å². The Morgan fingerprint density at radius 2 is 1.81 bits per heavy atom. The number of hydrogen-bond donors (Lipinski definition) is 1. The molecule has 1 N–H and O–H groups in total. The molecule has 2 saturated heterocycles. The highest BCUT2D eigenvalue weighted by Crippen LogP contribution is 2.26. The molecule has 0 spiro atoms. The number of carbonyl (C=O) groups is 1. The molecule has 1 aromatic carbocycles. The number of piperidine rings is 2. The zero-order valence-corrected chi connectivity index (χ0v) is 16.5. The molecule has 0 aromatic heterocycles. The van der Waals surface area contributed by atoms with Gasteiger partial charge >= 0.3 is 0 Å². The molecular weight excluding hydrogens is 338 g/mol. The van der Waals surface area contributed by atoms with E-state index in [1.54, 1.807) is 7.11 Å². The average molecular weight is 372 g/mol. The largest absolute Gasteiger partial charge is 0.497 e. The van der Waals surface area contributed by atoms with Gasteiger partial charge in [0.15, 0.2) is 0 Å². The van der Waals surface area contributed by atoms with Crippen LogP contribution in [-0.4, -0.2) is 61.1 Å². The first-order chi connectivity index (χ1) is 13.2. The quantitative estimate of drug-likeness (QED) is 0.835. The highest BCUT2D eigenvalue weighted by atomic mass is 16.5. The Balaban J connectivity index is 1.23. The fourth-order valence-corrected chi connectivity index (χ4v) is 4.53. The number of ether oxygens (including phenoxy) is 1. The van der Waals surface area contributed by atoms with Gasteiger partial charge in [0.25, 0.3) is 0 Å². The molecule has 2 heterocycles. The predicted molar refractivity (Wildman–Crippen MR) is 107 cm³/mol. The molecule has 3 fully saturated rings. The summed E-state index contributed by atoms with van der Waals surface area (Å²) in [7, 11) is 1.71. The molecule has 1 saturated carbocycles. The lowest BCUT2D eigenvalue weighted by atomic mass is 9.93. The summed E-state index contributed by atoms with van der Waals surface area (Å²) in [6.07, 6.45) is 7.00. The predicted octanol–water partition coefficient (Wildman–Crippen LogP) is 2.65. The molecule has 0 bridgehead atoms. The van der Waals surface area contributed by atoms with Crippen molar-refractivity contribution in [3.8, 4) is 5.75 Å². The smallest absolute Gasteiger partial charge is 0.224 e. The molecule has 0 unspecified atom stereocenters. The molecule has 5 heteroatoms. The van der Waals surface area contributed by atoms with E-state index in [1.807, 2.05) is 12.1 Å². The lowest BCUT2D eigenvalue weighted by molar-refractivity contribution is -0.127. The number of likely N-dealkylation sites (tertiary alicyclic amines) is 2. The van der Waals surface area contributed by atoms with Crippen LogP contribution < -0.4 is 10.1 Å². The first-order valence-corrected chi connectivity index (χ1v) is 10.6. The van der Waals surface area contributed by atoms with E-state index in [0.29, 0.717) is 18.0 Å². The molecule has 2 aliphatic heterocycles. The Bertz CT molecular complexity index is 621. The van der Waals surface area contributed by atoms with Crippen molar-refractivity contribution in [3.05, 3.63) is 29.8 Å². The Morgan fingerprint density at radius 1 is 1.07 bits per heavy atom. The topological polar surface area (TPSA) is 44.8 Å². The summed E-state index contributed by atoms with van der Waals surface area (Å²) in [5.74, 6) is 1.43. The van der Waals surface area contributed by atoms with Crippen LogP contribution in [-0.2, 0) is 11.3 Å². The molecule has 1 amide bonds. The van der Waals surface area contributed by atoms with Gasteiger partial charge in [-0.1, -0.05) is 12.1 Å². The number of nitrogens with zero attached hydrogens (tertiary/aromatic N) is 2. The molecule has 5 nitrogen and oxygen atoms in total. The van der Waals surface area contributed by atoms with Crippen molar-refractivity contribution in [2.45, 2.75) is 57.2 Å². The first-order valence-electron chi connectivity index (χ1n) is 10.6. The van der Waals surface area contributed by atoms with Gasteiger partial charge < -0.3 is 10.1 Å². The SMILES string of the molecule is COc1ccc(CN2CCC(N3CCC[C@@H](C(=O)NC4CC4)C3)CC2)cc1. The third-order valence-corrected chi connectivity index (χ3v) is 6.39. The summed E-state index contributed by atoms with van der Waals surface area (Å²) in [6.45, 7) is 5.43. The molecular formula is C22H33N3O2. The zero-order valence-electron chi connectivity index (χ0n) is 16.5. The van der Waals surface area contributed by atoms with Crippen molar-refractivity contribution in [1.82, 2.24) is 15.1 Å². The van der Waals surface area contributed by atoms with E-state index in [-0.39, 0.29) is 5.92 Å². The van der Waals surface area contributed by atoms with E-state index >= 15 is 0 Å². The van der Waals surface area contributed by atoms with Gasteiger partial charge in [-0.05, 0) is 75.9 Å². The number of nitrogens with one attached hydrogen (secondary N) is 1. The molecule has 27 heavy (non-hydrogen) atoms. The third-order valence-electron chi connectivity index (χ3n) is 6.39. The van der Waals surface area contributed by atoms with Gasteiger partial charge in [0.1, 0.15) is 5.75 Å². The minimum absolute atomic E-state index is 0.205. The molecule has 4 rings (SSSR count). The summed E-state index contributed by atoms with van der Waals surface area (Å²) < 4.78 is 5.24. The van der Waals surface area contributed by atoms with Gasteiger partial charge in [0.05, 0.1) is 13.0 Å². The summed E-state index contributed by atoms with van der Waals surface area (Å²) in [5, 5.41) is 3.21. The van der Waals surface area contributed by atoms with Crippen LogP contribution in [0, 0.1) is 5.92 Å². The maximum Gasteiger partial charge on any atom is 0.224 e. The summed E-state index contributed by atoms with van der Waals surface area (Å²) in [5.41, 5.74) is 1.35. The molecule has 1 aliphatic carbocycles. The van der Waals surface area contributed by atoms with E-state index in [9.17, 15) is 4.79 Å². The number of carbonyl (C=O) groups excluding carboxylic acids is 1. The minimum Gasteiger partial charge on any atom is -0.497 e. The van der Waals surface area contributed by atoms with Crippen molar-refractivity contribution in [3.63, 3.8) is 0 Å². The highest BCUT2D eigenvalue weighted by molar-refractivity contribution is 5.79. The van der Waals surface area contributed by atoms with E-state index in [4.69, 9.17) is 4.74 Å². The standard InChI is InChI=1S/C22H33N3O2/c1-27-21-8-4-17(5-9-21)15-24-13-10-20(11-14-24)25-12-2-3-18(16-25)22(26)23-19-6-7-19/h4-5,8-9,18-20H,2-3,6-7,10-16H2,1H3,(H,23,26)/t18-/m1/s1. The summed E-state index contributed by atoms with van der Waals surface area (Å²) in [4.78, 5) is 17.6. The minimum atomic E-state index is 0.205. The number of methoxy groups -OCH3 is 1. The van der Waals surface area contributed by atoms with E-state index in [1.165, 1.54) is 31.2 Å². The molecule has 3 aliphatic rings. The van der Waals surface area contributed by atoms with Crippen molar-refractivity contribution in [1.29, 1.82) is 0 Å². The Labute approximate surface area is 163 Å². The fourth-order valence-electron chi connectivity index (χ4n) is 4.53. The maximum absolute atomic E-state index is 12.4. The van der Waals surface area contributed by atoms with E-state index < -0.39 is 0 Å². The van der Waals surface area contributed by atoms with Crippen LogP contribution in [0.5, 0.6) is 5.75 Å². The van der Waals surface area contributed by atoms with Gasteiger partial charge in [-0.25, -0.2) is 0 Å². The average Bonchev–Trinajstić information content (AvgIpc) is 3.53. The van der Waals surface area contributed by atoms with Crippen molar-refractivity contribution < 1.29 is 9.53 Å². The Kier molecular flexibility index (Phi) is 5.98. The molecule has 148 valence electrons. The van der Waals surface area contributed by atoms with E-state index in [0.717, 1.165) is 51.3 Å². The number of benzene rings is 1. The summed E-state index contributed by atoms with van der Waals surface area (Å²) >= 11 is 0. The van der Waals surface area contributed by atoms with Gasteiger partial charge in [0.2, 0.25) is 5.91 Å².